The predicted molar refractivity (Wildman–Crippen MR) is 110 cm³/mol. The number of nitrogens with one attached hydrogen (secondary N) is 1. The van der Waals surface area contributed by atoms with E-state index in [9.17, 15) is 14.4 Å². The number of ether oxygens (including phenoxy) is 2. The summed E-state index contributed by atoms with van der Waals surface area (Å²) in [5.74, 6) is -1.42. The largest absolute Gasteiger partial charge is 0.456 e. The number of benzene rings is 1. The Balaban J connectivity index is 1.88. The van der Waals surface area contributed by atoms with Gasteiger partial charge in [0.25, 0.3) is 5.91 Å². The van der Waals surface area contributed by atoms with Crippen molar-refractivity contribution >= 4 is 29.3 Å². The molecular weight excluding hydrogens is 396 g/mol. The first kappa shape index (κ1) is 22.6. The number of hydrogen-bond donors (Lipinski definition) is 1. The Kier molecular flexibility index (Phi) is 7.99. The van der Waals surface area contributed by atoms with Gasteiger partial charge in [0.15, 0.2) is 6.61 Å². The second kappa shape index (κ2) is 10.2. The number of esters is 1. The lowest BCUT2D eigenvalue weighted by atomic mass is 10.1. The number of carbonyl (C=O) groups excluding carboxylic acids is 3. The third-order valence-corrected chi connectivity index (χ3v) is 4.75. The molecule has 29 heavy (non-hydrogen) atoms. The fourth-order valence-electron chi connectivity index (χ4n) is 3.18. The molecule has 8 heteroatoms. The van der Waals surface area contributed by atoms with Gasteiger partial charge >= 0.3 is 5.97 Å². The molecule has 0 saturated heterocycles. The van der Waals surface area contributed by atoms with Crippen molar-refractivity contribution in [2.24, 2.45) is 0 Å². The maximum absolute atomic E-state index is 12.5. The maximum atomic E-state index is 12.5. The Morgan fingerprint density at radius 3 is 2.45 bits per heavy atom. The van der Waals surface area contributed by atoms with Crippen molar-refractivity contribution in [2.45, 2.75) is 26.8 Å². The predicted octanol–water partition coefficient (Wildman–Crippen LogP) is 3.12. The molecule has 156 valence electrons. The quantitative estimate of drug-likeness (QED) is 0.497. The number of rotatable bonds is 9. The first-order valence-electron chi connectivity index (χ1n) is 9.14. The molecule has 7 nitrogen and oxygen atoms in total. The van der Waals surface area contributed by atoms with E-state index in [0.717, 1.165) is 11.4 Å². The van der Waals surface area contributed by atoms with Crippen LogP contribution in [0.3, 0.4) is 0 Å². The number of Topliss-reactive ketones (excluding diaryl/α,β-unsaturated/α-hetero) is 1. The molecule has 0 unspecified atom stereocenters. The van der Waals surface area contributed by atoms with Crippen molar-refractivity contribution in [2.75, 3.05) is 26.9 Å². The van der Waals surface area contributed by atoms with Gasteiger partial charge in [-0.3, -0.25) is 14.4 Å². The summed E-state index contributed by atoms with van der Waals surface area (Å²) in [6.07, 6.45) is 0. The second-order valence-corrected chi connectivity index (χ2v) is 7.17. The Morgan fingerprint density at radius 2 is 1.83 bits per heavy atom. The lowest BCUT2D eigenvalue weighted by Gasteiger charge is -2.17. The molecule has 1 aromatic carbocycles. The summed E-state index contributed by atoms with van der Waals surface area (Å²) in [4.78, 5) is 36.4. The first-order valence-corrected chi connectivity index (χ1v) is 9.52. The number of carbonyl (C=O) groups is 3. The van der Waals surface area contributed by atoms with Crippen LogP contribution in [0.25, 0.3) is 0 Å². The maximum Gasteiger partial charge on any atom is 0.325 e. The van der Waals surface area contributed by atoms with E-state index in [1.54, 1.807) is 37.4 Å². The molecule has 1 N–H and O–H groups in total. The minimum atomic E-state index is -0.692. The zero-order valence-electron chi connectivity index (χ0n) is 17.0. The molecule has 2 rings (SSSR count). The molecular formula is C21H25ClN2O5. The monoisotopic (exact) mass is 420 g/mol. The van der Waals surface area contributed by atoms with Gasteiger partial charge < -0.3 is 19.4 Å². The van der Waals surface area contributed by atoms with E-state index in [-0.39, 0.29) is 18.4 Å². The molecule has 1 aromatic heterocycles. The molecule has 0 fully saturated rings. The van der Waals surface area contributed by atoms with E-state index in [1.165, 1.54) is 0 Å². The highest BCUT2D eigenvalue weighted by molar-refractivity contribution is 6.30. The fraction of sp³-hybridized carbons (Fsp3) is 0.381. The number of halogens is 1. The van der Waals surface area contributed by atoms with Gasteiger partial charge in [0, 0.05) is 34.6 Å². The smallest absolute Gasteiger partial charge is 0.325 e. The number of hydrogen-bond acceptors (Lipinski definition) is 5. The van der Waals surface area contributed by atoms with Gasteiger partial charge in [0.05, 0.1) is 12.6 Å². The van der Waals surface area contributed by atoms with Crippen molar-refractivity contribution in [3.63, 3.8) is 0 Å². The first-order chi connectivity index (χ1) is 13.7. The van der Waals surface area contributed by atoms with Crippen LogP contribution >= 0.6 is 11.6 Å². The number of amides is 1. The zero-order chi connectivity index (χ0) is 21.6. The molecule has 0 aliphatic rings. The minimum Gasteiger partial charge on any atom is -0.456 e. The van der Waals surface area contributed by atoms with Crippen LogP contribution in [-0.2, 0) is 14.3 Å². The summed E-state index contributed by atoms with van der Waals surface area (Å²) in [5.41, 5.74) is 2.60. The van der Waals surface area contributed by atoms with Crippen LogP contribution in [0.15, 0.2) is 30.3 Å². The van der Waals surface area contributed by atoms with Crippen LogP contribution in [0.4, 0.5) is 0 Å². The molecule has 0 bridgehead atoms. The van der Waals surface area contributed by atoms with Gasteiger partial charge in [0.2, 0.25) is 5.78 Å². The van der Waals surface area contributed by atoms with Crippen LogP contribution in [0.5, 0.6) is 0 Å². The lowest BCUT2D eigenvalue weighted by molar-refractivity contribution is -0.141. The highest BCUT2D eigenvalue weighted by Gasteiger charge is 2.20. The van der Waals surface area contributed by atoms with Crippen molar-refractivity contribution in [3.05, 3.63) is 57.9 Å². The summed E-state index contributed by atoms with van der Waals surface area (Å²) in [6, 6.07) is 8.11. The fourth-order valence-corrected chi connectivity index (χ4v) is 3.31. The van der Waals surface area contributed by atoms with E-state index < -0.39 is 18.5 Å². The van der Waals surface area contributed by atoms with E-state index >= 15 is 0 Å². The summed E-state index contributed by atoms with van der Waals surface area (Å²) < 4.78 is 12.2. The second-order valence-electron chi connectivity index (χ2n) is 6.73. The number of aryl methyl sites for hydroxylation is 1. The van der Waals surface area contributed by atoms with Gasteiger partial charge in [-0.05, 0) is 51.1 Å². The van der Waals surface area contributed by atoms with E-state index in [4.69, 9.17) is 21.1 Å². The van der Waals surface area contributed by atoms with E-state index in [2.05, 4.69) is 5.32 Å². The molecule has 1 amide bonds. The highest BCUT2D eigenvalue weighted by Crippen LogP contribution is 2.21. The van der Waals surface area contributed by atoms with Crippen LogP contribution < -0.4 is 5.32 Å². The zero-order valence-corrected chi connectivity index (χ0v) is 17.7. The Hall–Kier alpha value is -2.64. The summed E-state index contributed by atoms with van der Waals surface area (Å²) in [6.45, 7) is 5.56. The molecule has 0 saturated carbocycles. The van der Waals surface area contributed by atoms with Gasteiger partial charge in [-0.15, -0.1) is 0 Å². The standard InChI is InChI=1S/C21H25ClN2O5/c1-13-9-18(15(3)24(13)14(2)11-28-4)19(25)12-29-20(26)10-23-21(27)16-5-7-17(22)8-6-16/h5-9,14H,10-12H2,1-4H3,(H,23,27)/t14-/m0/s1. The average molecular weight is 421 g/mol. The summed E-state index contributed by atoms with van der Waals surface area (Å²) in [7, 11) is 1.63. The Bertz CT molecular complexity index is 889. The van der Waals surface area contributed by atoms with E-state index in [1.807, 2.05) is 25.3 Å². The lowest BCUT2D eigenvalue weighted by Crippen LogP contribution is -2.31. The van der Waals surface area contributed by atoms with Gasteiger partial charge in [-0.1, -0.05) is 11.6 Å². The molecule has 0 aliphatic carbocycles. The topological polar surface area (TPSA) is 86.6 Å². The Morgan fingerprint density at radius 1 is 1.17 bits per heavy atom. The third kappa shape index (κ3) is 5.92. The van der Waals surface area contributed by atoms with E-state index in [0.29, 0.717) is 22.8 Å². The van der Waals surface area contributed by atoms with Crippen LogP contribution in [0, 0.1) is 13.8 Å². The number of nitrogens with zero attached hydrogens (tertiary/aromatic N) is 1. The highest BCUT2D eigenvalue weighted by atomic mass is 35.5. The molecule has 0 aliphatic heterocycles. The number of ketones is 1. The van der Waals surface area contributed by atoms with Crippen LogP contribution in [0.1, 0.15) is 45.1 Å². The van der Waals surface area contributed by atoms with Gasteiger partial charge in [-0.2, -0.15) is 0 Å². The van der Waals surface area contributed by atoms with Crippen molar-refractivity contribution in [1.82, 2.24) is 9.88 Å². The average Bonchev–Trinajstić information content (AvgIpc) is 2.99. The minimum absolute atomic E-state index is 0.0761. The third-order valence-electron chi connectivity index (χ3n) is 4.50. The Labute approximate surface area is 174 Å². The molecule has 1 heterocycles. The normalized spacial score (nSPS) is 11.8. The molecule has 0 spiro atoms. The van der Waals surface area contributed by atoms with Crippen LogP contribution in [-0.4, -0.2) is 49.1 Å². The van der Waals surface area contributed by atoms with Crippen LogP contribution in [0.2, 0.25) is 5.02 Å². The van der Waals surface area contributed by atoms with Crippen molar-refractivity contribution in [1.29, 1.82) is 0 Å². The molecule has 2 aromatic rings. The van der Waals surface area contributed by atoms with Gasteiger partial charge in [0.1, 0.15) is 6.54 Å². The molecule has 1 atom stereocenters. The molecule has 0 radical (unpaired) electrons. The van der Waals surface area contributed by atoms with Gasteiger partial charge in [-0.25, -0.2) is 0 Å². The SMILES string of the molecule is COC[C@H](C)n1c(C)cc(C(=O)COC(=O)CNC(=O)c2ccc(Cl)cc2)c1C. The summed E-state index contributed by atoms with van der Waals surface area (Å²) in [5, 5.41) is 2.96. The van der Waals surface area contributed by atoms with Crippen molar-refractivity contribution < 1.29 is 23.9 Å². The number of methoxy groups -OCH3 is 1. The van der Waals surface area contributed by atoms with Crippen molar-refractivity contribution in [3.8, 4) is 0 Å². The number of aromatic nitrogens is 1. The summed E-state index contributed by atoms with van der Waals surface area (Å²) >= 11 is 5.78.